The molecule has 0 aliphatic heterocycles. The number of para-hydroxylation sites is 2. The Morgan fingerprint density at radius 3 is 2.53 bits per heavy atom. The van der Waals surface area contributed by atoms with Gasteiger partial charge in [-0.3, -0.25) is 0 Å². The van der Waals surface area contributed by atoms with E-state index in [9.17, 15) is 0 Å². The first kappa shape index (κ1) is 13.8. The van der Waals surface area contributed by atoms with Crippen molar-refractivity contribution in [2.75, 3.05) is 18.4 Å². The van der Waals surface area contributed by atoms with Crippen LogP contribution in [0.15, 0.2) is 24.3 Å². The standard InChI is InChI=1S/C14H24N2O/c1-11(2)17-13-8-6-5-7-12(13)16-10-14(3,4)9-15/h5-8,11,16H,9-10,15H2,1-4H3. The molecule has 0 radical (unpaired) electrons. The van der Waals surface area contributed by atoms with E-state index in [0.717, 1.165) is 18.0 Å². The molecule has 0 heterocycles. The predicted molar refractivity (Wildman–Crippen MR) is 73.5 cm³/mol. The summed E-state index contributed by atoms with van der Waals surface area (Å²) in [5.74, 6) is 0.898. The summed E-state index contributed by atoms with van der Waals surface area (Å²) in [5, 5.41) is 3.40. The Morgan fingerprint density at radius 1 is 1.29 bits per heavy atom. The molecule has 0 spiro atoms. The van der Waals surface area contributed by atoms with E-state index in [-0.39, 0.29) is 11.5 Å². The van der Waals surface area contributed by atoms with Crippen LogP contribution in [-0.4, -0.2) is 19.2 Å². The second-order valence-electron chi connectivity index (χ2n) is 5.38. The van der Waals surface area contributed by atoms with E-state index in [1.807, 2.05) is 38.1 Å². The molecule has 0 saturated heterocycles. The second-order valence-corrected chi connectivity index (χ2v) is 5.38. The molecule has 0 aliphatic rings. The normalized spacial score (nSPS) is 11.6. The van der Waals surface area contributed by atoms with E-state index >= 15 is 0 Å². The third-order valence-corrected chi connectivity index (χ3v) is 2.56. The van der Waals surface area contributed by atoms with Crippen molar-refractivity contribution in [2.24, 2.45) is 11.1 Å². The van der Waals surface area contributed by atoms with Gasteiger partial charge in [-0.1, -0.05) is 26.0 Å². The van der Waals surface area contributed by atoms with Crippen molar-refractivity contribution in [3.05, 3.63) is 24.3 Å². The van der Waals surface area contributed by atoms with Crippen molar-refractivity contribution in [3.8, 4) is 5.75 Å². The number of ether oxygens (including phenoxy) is 1. The molecular weight excluding hydrogens is 212 g/mol. The average molecular weight is 236 g/mol. The molecule has 0 saturated carbocycles. The summed E-state index contributed by atoms with van der Waals surface area (Å²) in [6.07, 6.45) is 0.181. The summed E-state index contributed by atoms with van der Waals surface area (Å²) in [4.78, 5) is 0. The molecule has 0 fully saturated rings. The molecule has 17 heavy (non-hydrogen) atoms. The maximum Gasteiger partial charge on any atom is 0.142 e. The number of anilines is 1. The minimum Gasteiger partial charge on any atom is -0.489 e. The van der Waals surface area contributed by atoms with Crippen LogP contribution in [0.25, 0.3) is 0 Å². The number of rotatable bonds is 6. The van der Waals surface area contributed by atoms with Gasteiger partial charge < -0.3 is 15.8 Å². The number of nitrogens with two attached hydrogens (primary N) is 1. The average Bonchev–Trinajstić information content (AvgIpc) is 2.27. The second kappa shape index (κ2) is 5.92. The fourth-order valence-electron chi connectivity index (χ4n) is 1.38. The van der Waals surface area contributed by atoms with Crippen LogP contribution in [0.2, 0.25) is 0 Å². The molecule has 1 aromatic rings. The summed E-state index contributed by atoms with van der Waals surface area (Å²) in [5.41, 5.74) is 6.84. The maximum atomic E-state index is 5.75. The van der Waals surface area contributed by atoms with E-state index in [0.29, 0.717) is 6.54 Å². The predicted octanol–water partition coefficient (Wildman–Crippen LogP) is 2.87. The van der Waals surface area contributed by atoms with Crippen molar-refractivity contribution in [1.82, 2.24) is 0 Å². The lowest BCUT2D eigenvalue weighted by molar-refractivity contribution is 0.243. The molecule has 1 rings (SSSR count). The van der Waals surface area contributed by atoms with Gasteiger partial charge in [-0.25, -0.2) is 0 Å². The van der Waals surface area contributed by atoms with Crippen LogP contribution < -0.4 is 15.8 Å². The zero-order valence-corrected chi connectivity index (χ0v) is 11.3. The highest BCUT2D eigenvalue weighted by Crippen LogP contribution is 2.26. The molecule has 3 N–H and O–H groups in total. The van der Waals surface area contributed by atoms with Crippen LogP contribution in [-0.2, 0) is 0 Å². The van der Waals surface area contributed by atoms with Crippen LogP contribution in [0.1, 0.15) is 27.7 Å². The summed E-state index contributed by atoms with van der Waals surface area (Å²) in [6, 6.07) is 8.00. The van der Waals surface area contributed by atoms with Crippen molar-refractivity contribution >= 4 is 5.69 Å². The van der Waals surface area contributed by atoms with Crippen molar-refractivity contribution in [3.63, 3.8) is 0 Å². The topological polar surface area (TPSA) is 47.3 Å². The Kier molecular flexibility index (Phi) is 4.82. The van der Waals surface area contributed by atoms with Gasteiger partial charge in [0.15, 0.2) is 0 Å². The van der Waals surface area contributed by atoms with Crippen molar-refractivity contribution < 1.29 is 4.74 Å². The number of hydrogen-bond donors (Lipinski definition) is 2. The fourth-order valence-corrected chi connectivity index (χ4v) is 1.38. The molecule has 0 bridgehead atoms. The Hall–Kier alpha value is -1.22. The van der Waals surface area contributed by atoms with E-state index in [1.165, 1.54) is 0 Å². The third kappa shape index (κ3) is 4.65. The number of nitrogens with one attached hydrogen (secondary N) is 1. The SMILES string of the molecule is CC(C)Oc1ccccc1NCC(C)(C)CN. The van der Waals surface area contributed by atoms with Gasteiger partial charge in [0.05, 0.1) is 11.8 Å². The van der Waals surface area contributed by atoms with Crippen LogP contribution in [0, 0.1) is 5.41 Å². The zero-order chi connectivity index (χ0) is 12.9. The Balaban J connectivity index is 2.70. The zero-order valence-electron chi connectivity index (χ0n) is 11.3. The van der Waals surface area contributed by atoms with E-state index in [2.05, 4.69) is 19.2 Å². The van der Waals surface area contributed by atoms with Gasteiger partial charge in [0.25, 0.3) is 0 Å². The van der Waals surface area contributed by atoms with Gasteiger partial charge in [0.1, 0.15) is 5.75 Å². The van der Waals surface area contributed by atoms with Crippen LogP contribution in [0.5, 0.6) is 5.75 Å². The Labute approximate surface area is 104 Å². The highest BCUT2D eigenvalue weighted by atomic mass is 16.5. The van der Waals surface area contributed by atoms with Gasteiger partial charge in [0, 0.05) is 6.54 Å². The van der Waals surface area contributed by atoms with Gasteiger partial charge in [-0.05, 0) is 37.9 Å². The first-order valence-corrected chi connectivity index (χ1v) is 6.14. The van der Waals surface area contributed by atoms with Crippen LogP contribution in [0.4, 0.5) is 5.69 Å². The maximum absolute atomic E-state index is 5.75. The first-order valence-electron chi connectivity index (χ1n) is 6.14. The summed E-state index contributed by atoms with van der Waals surface area (Å²) < 4.78 is 5.75. The van der Waals surface area contributed by atoms with E-state index < -0.39 is 0 Å². The molecule has 3 heteroatoms. The smallest absolute Gasteiger partial charge is 0.142 e. The molecule has 1 aromatic carbocycles. The lowest BCUT2D eigenvalue weighted by Crippen LogP contribution is -2.31. The molecule has 0 aliphatic carbocycles. The quantitative estimate of drug-likeness (QED) is 0.798. The third-order valence-electron chi connectivity index (χ3n) is 2.56. The van der Waals surface area contributed by atoms with E-state index in [4.69, 9.17) is 10.5 Å². The Bertz CT molecular complexity index is 348. The highest BCUT2D eigenvalue weighted by Gasteiger charge is 2.16. The fraction of sp³-hybridized carbons (Fsp3) is 0.571. The number of benzene rings is 1. The summed E-state index contributed by atoms with van der Waals surface area (Å²) >= 11 is 0. The lowest BCUT2D eigenvalue weighted by Gasteiger charge is -2.24. The highest BCUT2D eigenvalue weighted by molar-refractivity contribution is 5.56. The monoisotopic (exact) mass is 236 g/mol. The van der Waals surface area contributed by atoms with Crippen LogP contribution in [0.3, 0.4) is 0 Å². The lowest BCUT2D eigenvalue weighted by atomic mass is 9.94. The van der Waals surface area contributed by atoms with Gasteiger partial charge >= 0.3 is 0 Å². The van der Waals surface area contributed by atoms with Gasteiger partial charge in [0.2, 0.25) is 0 Å². The molecule has 0 unspecified atom stereocenters. The minimum atomic E-state index is 0.0882. The molecule has 3 nitrogen and oxygen atoms in total. The van der Waals surface area contributed by atoms with Crippen molar-refractivity contribution in [1.29, 1.82) is 0 Å². The first-order chi connectivity index (χ1) is 7.94. The summed E-state index contributed by atoms with van der Waals surface area (Å²) in [6.45, 7) is 9.84. The minimum absolute atomic E-state index is 0.0882. The Morgan fingerprint density at radius 2 is 1.94 bits per heavy atom. The molecule has 0 amide bonds. The van der Waals surface area contributed by atoms with Gasteiger partial charge in [-0.15, -0.1) is 0 Å². The van der Waals surface area contributed by atoms with Crippen molar-refractivity contribution in [2.45, 2.75) is 33.8 Å². The van der Waals surface area contributed by atoms with Crippen LogP contribution >= 0.6 is 0 Å². The molecule has 0 atom stereocenters. The molecular formula is C14H24N2O. The molecule has 96 valence electrons. The summed E-state index contributed by atoms with van der Waals surface area (Å²) in [7, 11) is 0. The molecule has 0 aromatic heterocycles. The van der Waals surface area contributed by atoms with E-state index in [1.54, 1.807) is 0 Å². The largest absolute Gasteiger partial charge is 0.489 e. The van der Waals surface area contributed by atoms with Gasteiger partial charge in [-0.2, -0.15) is 0 Å². The number of hydrogen-bond acceptors (Lipinski definition) is 3.